The first-order valence-electron chi connectivity index (χ1n) is 9.70. The summed E-state index contributed by atoms with van der Waals surface area (Å²) in [4.78, 5) is 0. The Balaban J connectivity index is 2.00. The second kappa shape index (κ2) is 14.1. The number of aliphatic hydroxyl groups excluding tert-OH is 2. The number of unbranched alkanes of at least 4 members (excludes halogenated alkanes) is 8. The third-order valence-electron chi connectivity index (χ3n) is 4.55. The van der Waals surface area contributed by atoms with Gasteiger partial charge >= 0.3 is 0 Å². The van der Waals surface area contributed by atoms with Crippen LogP contribution in [-0.2, 0) is 6.61 Å². The molecule has 0 aliphatic rings. The molecule has 0 bridgehead atoms. The lowest BCUT2D eigenvalue weighted by molar-refractivity contribution is 0.174. The van der Waals surface area contributed by atoms with Gasteiger partial charge in [0.1, 0.15) is 5.75 Å². The highest BCUT2D eigenvalue weighted by atomic mass is 16.3. The molecule has 0 spiro atoms. The summed E-state index contributed by atoms with van der Waals surface area (Å²) < 4.78 is 0. The second-order valence-corrected chi connectivity index (χ2v) is 6.74. The number of phenols is 1. The maximum Gasteiger partial charge on any atom is 0.121 e. The molecular weight excluding hydrogens is 316 g/mol. The van der Waals surface area contributed by atoms with Crippen LogP contribution in [0.15, 0.2) is 18.2 Å². The lowest BCUT2D eigenvalue weighted by atomic mass is 10.1. The van der Waals surface area contributed by atoms with Crippen LogP contribution in [0.5, 0.6) is 5.75 Å². The zero-order chi connectivity index (χ0) is 18.3. The van der Waals surface area contributed by atoms with E-state index >= 15 is 0 Å². The van der Waals surface area contributed by atoms with Crippen LogP contribution >= 0.6 is 0 Å². The highest BCUT2D eigenvalue weighted by molar-refractivity contribution is 5.36. The Morgan fingerprint density at radius 3 is 2.12 bits per heavy atom. The fraction of sp³-hybridized carbons (Fsp3) is 0.700. The van der Waals surface area contributed by atoms with E-state index in [0.717, 1.165) is 25.9 Å². The molecule has 144 valence electrons. The molecule has 0 heterocycles. The summed E-state index contributed by atoms with van der Waals surface area (Å²) in [6, 6.07) is 4.85. The Labute approximate surface area is 152 Å². The third-order valence-corrected chi connectivity index (χ3v) is 4.55. The van der Waals surface area contributed by atoms with E-state index in [1.165, 1.54) is 51.0 Å². The van der Waals surface area contributed by atoms with Gasteiger partial charge < -0.3 is 26.4 Å². The van der Waals surface area contributed by atoms with Crippen molar-refractivity contribution in [3.05, 3.63) is 29.3 Å². The van der Waals surface area contributed by atoms with Gasteiger partial charge in [0.2, 0.25) is 0 Å². The summed E-state index contributed by atoms with van der Waals surface area (Å²) in [5, 5.41) is 32.1. The molecule has 1 atom stereocenters. The average molecular weight is 353 g/mol. The zero-order valence-corrected chi connectivity index (χ0v) is 15.4. The topological polar surface area (TPSA) is 98.7 Å². The van der Waals surface area contributed by atoms with Gasteiger partial charge in [-0.1, -0.05) is 51.0 Å². The van der Waals surface area contributed by atoms with Crippen LogP contribution in [0.25, 0.3) is 0 Å². The van der Waals surface area contributed by atoms with E-state index < -0.39 is 6.10 Å². The first-order chi connectivity index (χ1) is 12.2. The van der Waals surface area contributed by atoms with Crippen molar-refractivity contribution in [1.82, 2.24) is 5.32 Å². The van der Waals surface area contributed by atoms with Gasteiger partial charge in [-0.05, 0) is 43.6 Å². The smallest absolute Gasteiger partial charge is 0.121 e. The van der Waals surface area contributed by atoms with Crippen LogP contribution in [0.2, 0.25) is 0 Å². The Morgan fingerprint density at radius 2 is 1.52 bits per heavy atom. The Hall–Kier alpha value is -1.14. The van der Waals surface area contributed by atoms with E-state index in [9.17, 15) is 10.2 Å². The zero-order valence-electron chi connectivity index (χ0n) is 15.4. The average Bonchev–Trinajstić information content (AvgIpc) is 2.62. The summed E-state index contributed by atoms with van der Waals surface area (Å²) in [5.74, 6) is 0.0609. The van der Waals surface area contributed by atoms with Gasteiger partial charge in [-0.25, -0.2) is 0 Å². The van der Waals surface area contributed by atoms with Crippen LogP contribution in [0.4, 0.5) is 0 Å². The van der Waals surface area contributed by atoms with Crippen LogP contribution in [0.3, 0.4) is 0 Å². The van der Waals surface area contributed by atoms with Gasteiger partial charge in [-0.3, -0.25) is 0 Å². The molecule has 1 aromatic rings. The Bertz CT molecular complexity index is 455. The lowest BCUT2D eigenvalue weighted by Gasteiger charge is -2.14. The number of hydrogen-bond acceptors (Lipinski definition) is 5. The molecule has 5 heteroatoms. The predicted octanol–water partition coefficient (Wildman–Crippen LogP) is 2.98. The van der Waals surface area contributed by atoms with Gasteiger partial charge in [0.05, 0.1) is 12.7 Å². The molecule has 0 aliphatic heterocycles. The molecule has 0 saturated heterocycles. The summed E-state index contributed by atoms with van der Waals surface area (Å²) in [5.41, 5.74) is 6.63. The number of rotatable bonds is 15. The van der Waals surface area contributed by atoms with Crippen molar-refractivity contribution in [3.8, 4) is 5.75 Å². The van der Waals surface area contributed by atoms with E-state index in [4.69, 9.17) is 10.8 Å². The minimum absolute atomic E-state index is 0.0609. The molecule has 0 aromatic heterocycles. The van der Waals surface area contributed by atoms with Crippen LogP contribution in [0, 0.1) is 0 Å². The molecule has 0 amide bonds. The number of aromatic hydroxyl groups is 1. The van der Waals surface area contributed by atoms with Gasteiger partial charge in [0.25, 0.3) is 0 Å². The summed E-state index contributed by atoms with van der Waals surface area (Å²) in [6.07, 6.45) is 10.7. The first kappa shape index (κ1) is 21.9. The van der Waals surface area contributed by atoms with Crippen molar-refractivity contribution in [2.75, 3.05) is 19.6 Å². The fourth-order valence-electron chi connectivity index (χ4n) is 2.93. The highest BCUT2D eigenvalue weighted by Crippen LogP contribution is 2.22. The minimum atomic E-state index is -0.626. The van der Waals surface area contributed by atoms with Crippen LogP contribution in [0.1, 0.15) is 75.0 Å². The molecule has 0 saturated carbocycles. The van der Waals surface area contributed by atoms with Crippen molar-refractivity contribution in [2.45, 2.75) is 70.5 Å². The molecule has 5 nitrogen and oxygen atoms in total. The van der Waals surface area contributed by atoms with E-state index in [2.05, 4.69) is 5.32 Å². The maximum atomic E-state index is 10.2. The van der Waals surface area contributed by atoms with Crippen LogP contribution < -0.4 is 11.1 Å². The number of benzene rings is 1. The van der Waals surface area contributed by atoms with Crippen LogP contribution in [-0.4, -0.2) is 35.0 Å². The van der Waals surface area contributed by atoms with E-state index in [1.54, 1.807) is 12.1 Å². The standard InChI is InChI=1S/C20H36N2O3/c21-12-8-6-4-2-1-3-5-7-9-13-22-15-20(25)17-10-11-19(24)18(14-17)16-23/h10-11,14,20,22-25H,1-9,12-13,15-16,21H2/t20-/m0/s1. The third kappa shape index (κ3) is 9.80. The fourth-order valence-corrected chi connectivity index (χ4v) is 2.93. The summed E-state index contributed by atoms with van der Waals surface area (Å²) in [7, 11) is 0. The molecule has 1 aromatic carbocycles. The molecule has 25 heavy (non-hydrogen) atoms. The van der Waals surface area contributed by atoms with E-state index in [1.807, 2.05) is 0 Å². The molecule has 0 radical (unpaired) electrons. The largest absolute Gasteiger partial charge is 0.508 e. The van der Waals surface area contributed by atoms with Crippen molar-refractivity contribution < 1.29 is 15.3 Å². The summed E-state index contributed by atoms with van der Waals surface area (Å²) >= 11 is 0. The van der Waals surface area contributed by atoms with Crippen molar-refractivity contribution in [2.24, 2.45) is 5.73 Å². The number of hydrogen-bond donors (Lipinski definition) is 5. The first-order valence-corrected chi connectivity index (χ1v) is 9.70. The van der Waals surface area contributed by atoms with Gasteiger partial charge in [-0.2, -0.15) is 0 Å². The molecule has 1 rings (SSSR count). The Kier molecular flexibility index (Phi) is 12.3. The number of nitrogens with two attached hydrogens (primary N) is 1. The SMILES string of the molecule is NCCCCCCCCCCCNC[C@H](O)c1ccc(O)c(CO)c1. The summed E-state index contributed by atoms with van der Waals surface area (Å²) in [6.45, 7) is 1.97. The molecule has 0 aliphatic carbocycles. The van der Waals surface area contributed by atoms with Crippen molar-refractivity contribution in [3.63, 3.8) is 0 Å². The van der Waals surface area contributed by atoms with Gasteiger partial charge in [-0.15, -0.1) is 0 Å². The molecule has 6 N–H and O–H groups in total. The van der Waals surface area contributed by atoms with Gasteiger partial charge in [0, 0.05) is 12.1 Å². The highest BCUT2D eigenvalue weighted by Gasteiger charge is 2.09. The number of nitrogens with one attached hydrogen (secondary N) is 1. The maximum absolute atomic E-state index is 10.2. The van der Waals surface area contributed by atoms with E-state index in [-0.39, 0.29) is 12.4 Å². The van der Waals surface area contributed by atoms with E-state index in [0.29, 0.717) is 17.7 Å². The minimum Gasteiger partial charge on any atom is -0.508 e. The predicted molar refractivity (Wildman–Crippen MR) is 102 cm³/mol. The van der Waals surface area contributed by atoms with Gasteiger partial charge in [0.15, 0.2) is 0 Å². The van der Waals surface area contributed by atoms with Crippen molar-refractivity contribution >= 4 is 0 Å². The molecule has 0 unspecified atom stereocenters. The molecule has 0 fully saturated rings. The quantitative estimate of drug-likeness (QED) is 0.313. The molecular formula is C20H36N2O3. The second-order valence-electron chi connectivity index (χ2n) is 6.74. The number of aliphatic hydroxyl groups is 2. The monoisotopic (exact) mass is 352 g/mol. The normalized spacial score (nSPS) is 12.4. The van der Waals surface area contributed by atoms with Crippen molar-refractivity contribution in [1.29, 1.82) is 0 Å². The Morgan fingerprint density at radius 1 is 0.920 bits per heavy atom. The lowest BCUT2D eigenvalue weighted by Crippen LogP contribution is -2.22.